The van der Waals surface area contributed by atoms with Crippen LogP contribution in [-0.4, -0.2) is 36.5 Å². The highest BCUT2D eigenvalue weighted by Crippen LogP contribution is 2.12. The fraction of sp³-hybridized carbons (Fsp3) is 1.00. The van der Waals surface area contributed by atoms with Crippen LogP contribution in [0.3, 0.4) is 0 Å². The normalized spacial score (nSPS) is 12.4. The van der Waals surface area contributed by atoms with Crippen molar-refractivity contribution in [2.24, 2.45) is 0 Å². The fourth-order valence-corrected chi connectivity index (χ4v) is 1.49. The molecular formula is C13H29NO2. The number of ether oxygens (including phenoxy) is 1. The summed E-state index contributed by atoms with van der Waals surface area (Å²) in [4.78, 5) is 0. The van der Waals surface area contributed by atoms with Gasteiger partial charge in [-0.3, -0.25) is 0 Å². The molecule has 0 aromatic rings. The Morgan fingerprint density at radius 3 is 2.31 bits per heavy atom. The van der Waals surface area contributed by atoms with Crippen LogP contribution in [0.2, 0.25) is 0 Å². The molecule has 16 heavy (non-hydrogen) atoms. The van der Waals surface area contributed by atoms with Gasteiger partial charge in [-0.1, -0.05) is 13.8 Å². The van der Waals surface area contributed by atoms with E-state index < -0.39 is 5.60 Å². The minimum absolute atomic E-state index is 0.332. The second-order valence-corrected chi connectivity index (χ2v) is 4.73. The quantitative estimate of drug-likeness (QED) is 0.567. The zero-order valence-corrected chi connectivity index (χ0v) is 11.4. The van der Waals surface area contributed by atoms with Crippen molar-refractivity contribution < 1.29 is 9.84 Å². The summed E-state index contributed by atoms with van der Waals surface area (Å²) in [6.45, 7) is 10.7. The maximum atomic E-state index is 10.0. The van der Waals surface area contributed by atoms with Crippen molar-refractivity contribution in [2.45, 2.75) is 65.1 Å². The molecule has 0 saturated carbocycles. The average molecular weight is 231 g/mol. The molecule has 0 rings (SSSR count). The van der Waals surface area contributed by atoms with Gasteiger partial charge in [0.1, 0.15) is 0 Å². The van der Waals surface area contributed by atoms with Crippen molar-refractivity contribution in [3.05, 3.63) is 0 Å². The Balaban J connectivity index is 3.33. The molecule has 0 aliphatic carbocycles. The van der Waals surface area contributed by atoms with E-state index in [4.69, 9.17) is 4.74 Å². The van der Waals surface area contributed by atoms with Gasteiger partial charge in [-0.05, 0) is 46.1 Å². The van der Waals surface area contributed by atoms with Gasteiger partial charge in [-0.15, -0.1) is 0 Å². The molecule has 0 fully saturated rings. The lowest BCUT2D eigenvalue weighted by atomic mass is 9.98. The first kappa shape index (κ1) is 15.9. The summed E-state index contributed by atoms with van der Waals surface area (Å²) < 4.78 is 5.45. The molecule has 0 amide bonds. The first-order chi connectivity index (χ1) is 7.54. The number of hydrogen-bond donors (Lipinski definition) is 2. The Morgan fingerprint density at radius 2 is 1.81 bits per heavy atom. The third kappa shape index (κ3) is 8.08. The molecule has 2 N–H and O–H groups in total. The van der Waals surface area contributed by atoms with Gasteiger partial charge in [0.05, 0.1) is 11.7 Å². The Bertz CT molecular complexity index is 156. The summed E-state index contributed by atoms with van der Waals surface area (Å²) in [5.74, 6) is 0. The summed E-state index contributed by atoms with van der Waals surface area (Å²) in [7, 11) is 0. The van der Waals surface area contributed by atoms with Crippen LogP contribution in [0.1, 0.15) is 53.4 Å². The number of aliphatic hydroxyl groups is 1. The van der Waals surface area contributed by atoms with Crippen LogP contribution in [-0.2, 0) is 4.74 Å². The lowest BCUT2D eigenvalue weighted by molar-refractivity contribution is 0.0323. The van der Waals surface area contributed by atoms with Crippen LogP contribution in [0, 0.1) is 0 Å². The Labute approximate surface area is 101 Å². The third-order valence-corrected chi connectivity index (χ3v) is 2.97. The number of unbranched alkanes of at least 4 members (excludes halogenated alkanes) is 1. The molecule has 0 spiro atoms. The van der Waals surface area contributed by atoms with Gasteiger partial charge in [0.25, 0.3) is 0 Å². The van der Waals surface area contributed by atoms with E-state index in [1.807, 2.05) is 13.8 Å². The molecule has 98 valence electrons. The average Bonchev–Trinajstić information content (AvgIpc) is 2.27. The maximum absolute atomic E-state index is 10.0. The Hall–Kier alpha value is -0.120. The van der Waals surface area contributed by atoms with E-state index in [2.05, 4.69) is 19.2 Å². The predicted molar refractivity (Wildman–Crippen MR) is 68.7 cm³/mol. The highest BCUT2D eigenvalue weighted by Gasteiger charge is 2.20. The third-order valence-electron chi connectivity index (χ3n) is 2.97. The zero-order chi connectivity index (χ0) is 12.4. The second kappa shape index (κ2) is 8.97. The topological polar surface area (TPSA) is 41.5 Å². The summed E-state index contributed by atoms with van der Waals surface area (Å²) in [6.07, 6.45) is 4.15. The molecule has 0 aliphatic heterocycles. The standard InChI is InChI=1S/C13H29NO2/c1-5-13(15,6-2)11-14-9-7-8-10-16-12(3)4/h12,14-15H,5-11H2,1-4H3. The molecule has 0 atom stereocenters. The number of rotatable bonds is 10. The second-order valence-electron chi connectivity index (χ2n) is 4.73. The molecule has 0 aromatic carbocycles. The van der Waals surface area contributed by atoms with Crippen LogP contribution in [0.15, 0.2) is 0 Å². The predicted octanol–water partition coefficient (Wildman–Crippen LogP) is 2.33. The number of nitrogens with one attached hydrogen (secondary N) is 1. The van der Waals surface area contributed by atoms with E-state index in [1.54, 1.807) is 0 Å². The molecule has 3 nitrogen and oxygen atoms in total. The van der Waals surface area contributed by atoms with Gasteiger partial charge in [0.15, 0.2) is 0 Å². The van der Waals surface area contributed by atoms with Crippen LogP contribution in [0.5, 0.6) is 0 Å². The van der Waals surface area contributed by atoms with E-state index in [0.29, 0.717) is 12.6 Å². The van der Waals surface area contributed by atoms with E-state index in [0.717, 1.165) is 38.8 Å². The first-order valence-electron chi connectivity index (χ1n) is 6.58. The summed E-state index contributed by atoms with van der Waals surface area (Å²) in [5, 5.41) is 13.3. The molecule has 3 heteroatoms. The fourth-order valence-electron chi connectivity index (χ4n) is 1.49. The van der Waals surface area contributed by atoms with Gasteiger partial charge in [-0.25, -0.2) is 0 Å². The van der Waals surface area contributed by atoms with Crippen LogP contribution >= 0.6 is 0 Å². The maximum Gasteiger partial charge on any atom is 0.0766 e. The van der Waals surface area contributed by atoms with Crippen LogP contribution < -0.4 is 5.32 Å². The summed E-state index contributed by atoms with van der Waals surface area (Å²) in [5.41, 5.74) is -0.519. The van der Waals surface area contributed by atoms with E-state index in [1.165, 1.54) is 0 Å². The highest BCUT2D eigenvalue weighted by atomic mass is 16.5. The minimum Gasteiger partial charge on any atom is -0.389 e. The summed E-state index contributed by atoms with van der Waals surface area (Å²) in [6, 6.07) is 0. The largest absolute Gasteiger partial charge is 0.389 e. The zero-order valence-electron chi connectivity index (χ0n) is 11.4. The molecular weight excluding hydrogens is 202 g/mol. The summed E-state index contributed by atoms with van der Waals surface area (Å²) >= 11 is 0. The highest BCUT2D eigenvalue weighted by molar-refractivity contribution is 4.77. The van der Waals surface area contributed by atoms with Gasteiger partial charge < -0.3 is 15.2 Å². The van der Waals surface area contributed by atoms with Gasteiger partial charge in [0.2, 0.25) is 0 Å². The first-order valence-corrected chi connectivity index (χ1v) is 6.58. The van der Waals surface area contributed by atoms with E-state index in [-0.39, 0.29) is 0 Å². The smallest absolute Gasteiger partial charge is 0.0766 e. The van der Waals surface area contributed by atoms with Crippen LogP contribution in [0.25, 0.3) is 0 Å². The lowest BCUT2D eigenvalue weighted by Crippen LogP contribution is -2.39. The minimum atomic E-state index is -0.519. The monoisotopic (exact) mass is 231 g/mol. The lowest BCUT2D eigenvalue weighted by Gasteiger charge is -2.25. The molecule has 0 aromatic heterocycles. The molecule has 0 heterocycles. The molecule has 0 radical (unpaired) electrons. The van der Waals surface area contributed by atoms with Crippen molar-refractivity contribution in [3.8, 4) is 0 Å². The van der Waals surface area contributed by atoms with Crippen molar-refractivity contribution in [1.82, 2.24) is 5.32 Å². The Morgan fingerprint density at radius 1 is 1.19 bits per heavy atom. The molecule has 0 saturated heterocycles. The molecule has 0 unspecified atom stereocenters. The van der Waals surface area contributed by atoms with E-state index in [9.17, 15) is 5.11 Å². The number of hydrogen-bond acceptors (Lipinski definition) is 3. The van der Waals surface area contributed by atoms with Gasteiger partial charge in [0, 0.05) is 13.2 Å². The molecule has 0 aliphatic rings. The Kier molecular flexibility index (Phi) is 8.90. The van der Waals surface area contributed by atoms with Crippen molar-refractivity contribution in [2.75, 3.05) is 19.7 Å². The van der Waals surface area contributed by atoms with Gasteiger partial charge in [-0.2, -0.15) is 0 Å². The molecule has 0 bridgehead atoms. The van der Waals surface area contributed by atoms with Crippen molar-refractivity contribution >= 4 is 0 Å². The van der Waals surface area contributed by atoms with Crippen LogP contribution in [0.4, 0.5) is 0 Å². The van der Waals surface area contributed by atoms with Crippen molar-refractivity contribution in [1.29, 1.82) is 0 Å². The SMILES string of the molecule is CCC(O)(CC)CNCCCCOC(C)C. The van der Waals surface area contributed by atoms with Crippen molar-refractivity contribution in [3.63, 3.8) is 0 Å². The van der Waals surface area contributed by atoms with E-state index >= 15 is 0 Å². The van der Waals surface area contributed by atoms with Gasteiger partial charge >= 0.3 is 0 Å².